The van der Waals surface area contributed by atoms with Crippen LogP contribution in [0, 0.1) is 0 Å². The molecule has 0 heterocycles. The van der Waals surface area contributed by atoms with Gasteiger partial charge >= 0.3 is 0 Å². The zero-order chi connectivity index (χ0) is 20.6. The highest BCUT2D eigenvalue weighted by atomic mass is 16.7. The van der Waals surface area contributed by atoms with Crippen molar-refractivity contribution in [2.24, 2.45) is 0 Å². The molecule has 0 saturated carbocycles. The molecule has 0 aliphatic heterocycles. The predicted octanol–water partition coefficient (Wildman–Crippen LogP) is 8.03. The first kappa shape index (κ1) is 21.4. The molecule has 29 heavy (non-hydrogen) atoms. The summed E-state index contributed by atoms with van der Waals surface area (Å²) in [5.74, 6) is 1.45. The number of hydrogen-bond donors (Lipinski definition) is 0. The summed E-state index contributed by atoms with van der Waals surface area (Å²) in [6.45, 7) is 8.80. The number of unbranched alkanes of at least 4 members (excludes halogenated alkanes) is 1. The minimum atomic E-state index is -0.252. The van der Waals surface area contributed by atoms with Crippen molar-refractivity contribution >= 4 is 10.8 Å². The van der Waals surface area contributed by atoms with E-state index in [0.29, 0.717) is 5.92 Å². The molecule has 0 aliphatic rings. The summed E-state index contributed by atoms with van der Waals surface area (Å²) in [6.07, 6.45) is 3.95. The van der Waals surface area contributed by atoms with E-state index in [1.54, 1.807) is 0 Å². The van der Waals surface area contributed by atoms with E-state index < -0.39 is 0 Å². The van der Waals surface area contributed by atoms with Gasteiger partial charge in [-0.15, -0.1) is 0 Å². The maximum atomic E-state index is 6.43. The monoisotopic (exact) mass is 390 g/mol. The van der Waals surface area contributed by atoms with Crippen LogP contribution in [-0.4, -0.2) is 6.29 Å². The summed E-state index contributed by atoms with van der Waals surface area (Å²) in [6, 6.07) is 23.4. The van der Waals surface area contributed by atoms with Crippen molar-refractivity contribution < 1.29 is 9.47 Å². The standard InChI is InChI=1S/C27H34O2/c1-5-7-15-27(29-24-18-16-22(17-19-24)20(3)6-2)28-21(4)25-14-10-12-23-11-8-9-13-26(23)25/h8-14,16-21,27H,5-7,15H2,1-4H3. The van der Waals surface area contributed by atoms with E-state index in [2.05, 4.69) is 94.4 Å². The second kappa shape index (κ2) is 10.5. The molecule has 3 unspecified atom stereocenters. The van der Waals surface area contributed by atoms with Crippen molar-refractivity contribution in [3.8, 4) is 5.75 Å². The Balaban J connectivity index is 1.74. The minimum Gasteiger partial charge on any atom is -0.465 e. The van der Waals surface area contributed by atoms with Gasteiger partial charge < -0.3 is 9.47 Å². The van der Waals surface area contributed by atoms with Crippen LogP contribution in [0.2, 0.25) is 0 Å². The van der Waals surface area contributed by atoms with Crippen molar-refractivity contribution in [2.75, 3.05) is 0 Å². The lowest BCUT2D eigenvalue weighted by atomic mass is 9.99. The van der Waals surface area contributed by atoms with Crippen LogP contribution >= 0.6 is 0 Å². The van der Waals surface area contributed by atoms with Crippen LogP contribution in [-0.2, 0) is 4.74 Å². The van der Waals surface area contributed by atoms with Crippen LogP contribution in [0.3, 0.4) is 0 Å². The molecular weight excluding hydrogens is 356 g/mol. The van der Waals surface area contributed by atoms with Crippen LogP contribution < -0.4 is 4.74 Å². The Kier molecular flexibility index (Phi) is 7.71. The average Bonchev–Trinajstić information content (AvgIpc) is 2.77. The van der Waals surface area contributed by atoms with Crippen molar-refractivity contribution in [1.29, 1.82) is 0 Å². The van der Waals surface area contributed by atoms with Gasteiger partial charge in [-0.25, -0.2) is 0 Å². The molecule has 2 heteroatoms. The Morgan fingerprint density at radius 3 is 2.28 bits per heavy atom. The number of benzene rings is 3. The maximum Gasteiger partial charge on any atom is 0.200 e. The van der Waals surface area contributed by atoms with Crippen molar-refractivity contribution in [2.45, 2.75) is 71.7 Å². The molecular formula is C27H34O2. The van der Waals surface area contributed by atoms with Gasteiger partial charge in [0, 0.05) is 6.42 Å². The van der Waals surface area contributed by atoms with E-state index in [-0.39, 0.29) is 12.4 Å². The van der Waals surface area contributed by atoms with E-state index in [1.807, 2.05) is 0 Å². The second-order valence-electron chi connectivity index (χ2n) is 7.91. The average molecular weight is 391 g/mol. The first-order valence-corrected chi connectivity index (χ1v) is 11.0. The normalized spacial score (nSPS) is 14.5. The minimum absolute atomic E-state index is 0.0395. The predicted molar refractivity (Wildman–Crippen MR) is 123 cm³/mol. The number of fused-ring (bicyclic) bond motifs is 1. The Labute approximate surface area is 175 Å². The summed E-state index contributed by atoms with van der Waals surface area (Å²) < 4.78 is 12.7. The maximum absolute atomic E-state index is 6.43. The van der Waals surface area contributed by atoms with Gasteiger partial charge in [-0.05, 0) is 59.7 Å². The third kappa shape index (κ3) is 5.61. The van der Waals surface area contributed by atoms with E-state index >= 15 is 0 Å². The van der Waals surface area contributed by atoms with Gasteiger partial charge in [-0.1, -0.05) is 81.8 Å². The second-order valence-corrected chi connectivity index (χ2v) is 7.91. The number of ether oxygens (including phenoxy) is 2. The molecule has 0 spiro atoms. The molecule has 0 amide bonds. The fourth-order valence-electron chi connectivity index (χ4n) is 3.69. The summed E-state index contributed by atoms with van der Waals surface area (Å²) in [5.41, 5.74) is 2.57. The lowest BCUT2D eigenvalue weighted by Gasteiger charge is -2.25. The first-order chi connectivity index (χ1) is 14.1. The summed E-state index contributed by atoms with van der Waals surface area (Å²) >= 11 is 0. The molecule has 3 rings (SSSR count). The van der Waals surface area contributed by atoms with Gasteiger partial charge in [0.2, 0.25) is 0 Å². The molecule has 0 saturated heterocycles. The first-order valence-electron chi connectivity index (χ1n) is 11.0. The zero-order valence-corrected chi connectivity index (χ0v) is 18.2. The highest BCUT2D eigenvalue weighted by Crippen LogP contribution is 2.29. The molecule has 3 aromatic carbocycles. The SMILES string of the molecule is CCCCC(Oc1ccc(C(C)CC)cc1)OC(C)c1cccc2ccccc12. The molecule has 154 valence electrons. The quantitative estimate of drug-likeness (QED) is 0.326. The van der Waals surface area contributed by atoms with Crippen LogP contribution in [0.5, 0.6) is 5.75 Å². The van der Waals surface area contributed by atoms with Gasteiger partial charge in [-0.3, -0.25) is 0 Å². The lowest BCUT2D eigenvalue weighted by molar-refractivity contribution is -0.119. The Hall–Kier alpha value is -2.32. The number of hydrogen-bond acceptors (Lipinski definition) is 2. The summed E-state index contributed by atoms with van der Waals surface area (Å²) in [4.78, 5) is 0. The van der Waals surface area contributed by atoms with Gasteiger partial charge in [-0.2, -0.15) is 0 Å². The molecule has 0 aromatic heterocycles. The van der Waals surface area contributed by atoms with Gasteiger partial charge in [0.15, 0.2) is 6.29 Å². The number of rotatable bonds is 10. The van der Waals surface area contributed by atoms with Crippen molar-refractivity contribution in [3.05, 3.63) is 77.9 Å². The topological polar surface area (TPSA) is 18.5 Å². The van der Waals surface area contributed by atoms with Crippen LogP contribution in [0.4, 0.5) is 0 Å². The van der Waals surface area contributed by atoms with E-state index in [1.165, 1.54) is 21.9 Å². The molecule has 2 nitrogen and oxygen atoms in total. The molecule has 0 fully saturated rings. The highest BCUT2D eigenvalue weighted by Gasteiger charge is 2.18. The lowest BCUT2D eigenvalue weighted by Crippen LogP contribution is -2.22. The Morgan fingerprint density at radius 2 is 1.55 bits per heavy atom. The fourth-order valence-corrected chi connectivity index (χ4v) is 3.69. The van der Waals surface area contributed by atoms with Crippen molar-refractivity contribution in [3.63, 3.8) is 0 Å². The molecule has 0 radical (unpaired) electrons. The van der Waals surface area contributed by atoms with Crippen LogP contribution in [0.1, 0.15) is 76.5 Å². The summed E-state index contributed by atoms with van der Waals surface area (Å²) in [7, 11) is 0. The summed E-state index contributed by atoms with van der Waals surface area (Å²) in [5, 5.41) is 2.49. The van der Waals surface area contributed by atoms with Gasteiger partial charge in [0.1, 0.15) is 5.75 Å². The molecule has 0 bridgehead atoms. The Morgan fingerprint density at radius 1 is 0.828 bits per heavy atom. The Bertz CT molecular complexity index is 879. The molecule has 0 N–H and O–H groups in total. The van der Waals surface area contributed by atoms with E-state index in [0.717, 1.165) is 31.4 Å². The van der Waals surface area contributed by atoms with Crippen LogP contribution in [0.25, 0.3) is 10.8 Å². The van der Waals surface area contributed by atoms with E-state index in [4.69, 9.17) is 9.47 Å². The van der Waals surface area contributed by atoms with Gasteiger partial charge in [0.25, 0.3) is 0 Å². The fraction of sp³-hybridized carbons (Fsp3) is 0.407. The zero-order valence-electron chi connectivity index (χ0n) is 18.2. The van der Waals surface area contributed by atoms with Gasteiger partial charge in [0.05, 0.1) is 6.10 Å². The highest BCUT2D eigenvalue weighted by molar-refractivity contribution is 5.85. The third-order valence-electron chi connectivity index (χ3n) is 5.74. The van der Waals surface area contributed by atoms with Crippen molar-refractivity contribution in [1.82, 2.24) is 0 Å². The molecule has 3 atom stereocenters. The van der Waals surface area contributed by atoms with E-state index in [9.17, 15) is 0 Å². The molecule has 0 aliphatic carbocycles. The largest absolute Gasteiger partial charge is 0.465 e. The molecule has 3 aromatic rings. The third-order valence-corrected chi connectivity index (χ3v) is 5.74. The smallest absolute Gasteiger partial charge is 0.200 e. The van der Waals surface area contributed by atoms with Crippen LogP contribution in [0.15, 0.2) is 66.7 Å².